The van der Waals surface area contributed by atoms with Crippen molar-refractivity contribution in [2.24, 2.45) is 5.92 Å². The van der Waals surface area contributed by atoms with E-state index in [2.05, 4.69) is 9.47 Å². The molecule has 0 aromatic carbocycles. The van der Waals surface area contributed by atoms with E-state index >= 15 is 0 Å². The number of carbonyl (C=O) groups excluding carboxylic acids is 2. The first-order valence-corrected chi connectivity index (χ1v) is 7.37. The van der Waals surface area contributed by atoms with Crippen LogP contribution in [-0.2, 0) is 14.3 Å². The van der Waals surface area contributed by atoms with Crippen molar-refractivity contribution in [2.45, 2.75) is 48.8 Å². The Labute approximate surface area is 163 Å². The summed E-state index contributed by atoms with van der Waals surface area (Å²) in [5.41, 5.74) is 0. The number of methoxy groups -OCH3 is 2. The van der Waals surface area contributed by atoms with Crippen LogP contribution in [0.5, 0.6) is 0 Å². The SMILES string of the molecule is COC(=O)NC(C(=O)OC)C(C)C(F)(F)C(F)(F)C(F)(F)C(F)(F)C(F)(F)C(F)(F)F. The van der Waals surface area contributed by atoms with Gasteiger partial charge in [0.15, 0.2) is 0 Å². The van der Waals surface area contributed by atoms with Crippen molar-refractivity contribution < 1.29 is 76.1 Å². The van der Waals surface area contributed by atoms with Crippen molar-refractivity contribution in [1.82, 2.24) is 5.32 Å². The third-order valence-electron chi connectivity index (χ3n) is 3.94. The number of amides is 1. The van der Waals surface area contributed by atoms with E-state index in [4.69, 9.17) is 0 Å². The quantitative estimate of drug-likeness (QED) is 0.406. The Kier molecular flexibility index (Phi) is 7.81. The third kappa shape index (κ3) is 4.42. The van der Waals surface area contributed by atoms with Gasteiger partial charge in [-0.3, -0.25) is 0 Å². The van der Waals surface area contributed by atoms with Crippen LogP contribution in [0.4, 0.5) is 61.9 Å². The Morgan fingerprint density at radius 2 is 1.06 bits per heavy atom. The van der Waals surface area contributed by atoms with Gasteiger partial charge in [0.1, 0.15) is 6.04 Å². The highest BCUT2D eigenvalue weighted by molar-refractivity contribution is 5.81. The Hall–Kier alpha value is -2.17. The molecule has 0 aromatic rings. The van der Waals surface area contributed by atoms with Crippen molar-refractivity contribution in [1.29, 1.82) is 0 Å². The lowest BCUT2D eigenvalue weighted by molar-refractivity contribution is -0.443. The molecule has 0 saturated heterocycles. The van der Waals surface area contributed by atoms with Crippen molar-refractivity contribution in [2.75, 3.05) is 14.2 Å². The van der Waals surface area contributed by atoms with Gasteiger partial charge in [-0.05, 0) is 0 Å². The number of nitrogens with one attached hydrogen (secondary N) is 1. The van der Waals surface area contributed by atoms with Crippen LogP contribution in [0.15, 0.2) is 0 Å². The molecule has 0 spiro atoms. The van der Waals surface area contributed by atoms with Gasteiger partial charge in [-0.15, -0.1) is 0 Å². The average Bonchev–Trinajstić information content (AvgIpc) is 2.62. The molecule has 0 bridgehead atoms. The van der Waals surface area contributed by atoms with Gasteiger partial charge < -0.3 is 14.8 Å². The minimum Gasteiger partial charge on any atom is -0.467 e. The number of hydrogen-bond acceptors (Lipinski definition) is 4. The van der Waals surface area contributed by atoms with E-state index in [0.717, 1.165) is 5.32 Å². The molecule has 0 radical (unpaired) electrons. The number of carbonyl (C=O) groups is 2. The molecule has 184 valence electrons. The van der Waals surface area contributed by atoms with Crippen molar-refractivity contribution in [3.05, 3.63) is 0 Å². The largest absolute Gasteiger partial charge is 0.467 e. The number of alkyl carbamates (subject to hydrolysis) is 1. The first-order chi connectivity index (χ1) is 13.5. The predicted molar refractivity (Wildman–Crippen MR) is 71.3 cm³/mol. The number of alkyl halides is 13. The van der Waals surface area contributed by atoms with Crippen LogP contribution in [0.2, 0.25) is 0 Å². The molecule has 2 atom stereocenters. The fraction of sp³-hybridized carbons (Fsp3) is 0.846. The van der Waals surface area contributed by atoms with Crippen LogP contribution in [0.3, 0.4) is 0 Å². The molecule has 1 N–H and O–H groups in total. The first kappa shape index (κ1) is 28.8. The van der Waals surface area contributed by atoms with Crippen LogP contribution in [0.25, 0.3) is 0 Å². The summed E-state index contributed by atoms with van der Waals surface area (Å²) in [6, 6.07) is -3.02. The summed E-state index contributed by atoms with van der Waals surface area (Å²) in [6.07, 6.45) is -9.36. The number of rotatable bonds is 8. The zero-order chi connectivity index (χ0) is 25.4. The molecule has 0 fully saturated rings. The summed E-state index contributed by atoms with van der Waals surface area (Å²) in [7, 11) is 0.971. The molecule has 5 nitrogen and oxygen atoms in total. The van der Waals surface area contributed by atoms with Crippen LogP contribution < -0.4 is 5.32 Å². The lowest BCUT2D eigenvalue weighted by atomic mass is 9.84. The fourth-order valence-corrected chi connectivity index (χ4v) is 1.98. The molecule has 18 heteroatoms. The van der Waals surface area contributed by atoms with Crippen molar-refractivity contribution in [3.8, 4) is 0 Å². The highest BCUT2D eigenvalue weighted by Crippen LogP contribution is 2.61. The lowest BCUT2D eigenvalue weighted by Gasteiger charge is -2.42. The summed E-state index contributed by atoms with van der Waals surface area (Å²) < 4.78 is 179. The lowest BCUT2D eigenvalue weighted by Crippen LogP contribution is -2.72. The zero-order valence-corrected chi connectivity index (χ0v) is 15.2. The Morgan fingerprint density at radius 1 is 0.677 bits per heavy atom. The smallest absolute Gasteiger partial charge is 0.460 e. The van der Waals surface area contributed by atoms with E-state index in [1.807, 2.05) is 0 Å². The Morgan fingerprint density at radius 3 is 1.39 bits per heavy atom. The van der Waals surface area contributed by atoms with Gasteiger partial charge in [0.05, 0.1) is 20.1 Å². The van der Waals surface area contributed by atoms with E-state index < -0.39 is 59.8 Å². The summed E-state index contributed by atoms with van der Waals surface area (Å²) in [5.74, 6) is -43.9. The van der Waals surface area contributed by atoms with E-state index in [0.29, 0.717) is 14.2 Å². The zero-order valence-electron chi connectivity index (χ0n) is 15.2. The van der Waals surface area contributed by atoms with E-state index in [-0.39, 0.29) is 6.92 Å². The number of hydrogen-bond donors (Lipinski definition) is 1. The second-order valence-electron chi connectivity index (χ2n) is 5.84. The summed E-state index contributed by atoms with van der Waals surface area (Å²) in [5, 5.41) is 1.13. The molecule has 0 saturated carbocycles. The predicted octanol–water partition coefficient (Wildman–Crippen LogP) is 4.26. The molecule has 0 heterocycles. The number of halogens is 13. The molecule has 1 amide bonds. The second-order valence-corrected chi connectivity index (χ2v) is 5.84. The standard InChI is InChI=1S/C13H12F13NO4/c1-4(5(6(28)30-2)27-7(29)31-3)8(14,15)9(16,17)10(18,19)11(20,21)12(22,23)13(24,25)26/h4-5H,1-3H3,(H,27,29). The van der Waals surface area contributed by atoms with E-state index in [1.54, 1.807) is 0 Å². The second kappa shape index (κ2) is 8.40. The van der Waals surface area contributed by atoms with Gasteiger partial charge in [0.2, 0.25) is 0 Å². The van der Waals surface area contributed by atoms with Gasteiger partial charge in [-0.25, -0.2) is 9.59 Å². The molecular formula is C13H12F13NO4. The molecule has 31 heavy (non-hydrogen) atoms. The highest BCUT2D eigenvalue weighted by atomic mass is 19.4. The van der Waals surface area contributed by atoms with Crippen LogP contribution in [-0.4, -0.2) is 68.1 Å². The maximum absolute atomic E-state index is 14.1. The topological polar surface area (TPSA) is 64.6 Å². The Bertz CT molecular complexity index is 677. The summed E-state index contributed by atoms with van der Waals surface area (Å²) in [6.45, 7) is -0.207. The summed E-state index contributed by atoms with van der Waals surface area (Å²) >= 11 is 0. The van der Waals surface area contributed by atoms with Gasteiger partial charge in [0, 0.05) is 0 Å². The van der Waals surface area contributed by atoms with Crippen LogP contribution in [0.1, 0.15) is 6.92 Å². The normalized spacial score (nSPS) is 16.4. The van der Waals surface area contributed by atoms with Crippen LogP contribution in [0, 0.1) is 5.92 Å². The molecule has 0 rings (SSSR count). The molecular weight excluding hydrogens is 481 g/mol. The van der Waals surface area contributed by atoms with Crippen molar-refractivity contribution >= 4 is 12.1 Å². The number of ether oxygens (including phenoxy) is 2. The number of esters is 1. The van der Waals surface area contributed by atoms with Gasteiger partial charge in [0.25, 0.3) is 0 Å². The van der Waals surface area contributed by atoms with Crippen LogP contribution >= 0.6 is 0 Å². The van der Waals surface area contributed by atoms with Gasteiger partial charge in [-0.2, -0.15) is 57.1 Å². The highest BCUT2D eigenvalue weighted by Gasteiger charge is 2.91. The molecule has 0 aliphatic rings. The van der Waals surface area contributed by atoms with Gasteiger partial charge in [-0.1, -0.05) is 6.92 Å². The minimum absolute atomic E-state index is 0.207. The fourth-order valence-electron chi connectivity index (χ4n) is 1.98. The maximum Gasteiger partial charge on any atom is 0.460 e. The summed E-state index contributed by atoms with van der Waals surface area (Å²) in [4.78, 5) is 22.5. The first-order valence-electron chi connectivity index (χ1n) is 7.37. The average molecular weight is 493 g/mol. The maximum atomic E-state index is 14.1. The molecule has 0 aliphatic carbocycles. The molecule has 2 unspecified atom stereocenters. The monoisotopic (exact) mass is 493 g/mol. The molecule has 0 aliphatic heterocycles. The minimum atomic E-state index is -8.08. The molecule has 0 aromatic heterocycles. The van der Waals surface area contributed by atoms with Gasteiger partial charge >= 0.3 is 47.9 Å². The van der Waals surface area contributed by atoms with E-state index in [9.17, 15) is 66.7 Å². The van der Waals surface area contributed by atoms with E-state index in [1.165, 1.54) is 0 Å². The Balaban J connectivity index is 6.53. The van der Waals surface area contributed by atoms with Crippen molar-refractivity contribution in [3.63, 3.8) is 0 Å². The third-order valence-corrected chi connectivity index (χ3v) is 3.94.